The number of benzene rings is 1. The first-order chi connectivity index (χ1) is 10.5. The third-order valence-corrected chi connectivity index (χ3v) is 5.62. The third kappa shape index (κ3) is 3.15. The van der Waals surface area contributed by atoms with Crippen molar-refractivity contribution in [3.8, 4) is 0 Å². The third-order valence-electron chi connectivity index (χ3n) is 3.35. The van der Waals surface area contributed by atoms with Crippen LogP contribution in [0.4, 0.5) is 10.8 Å². The predicted octanol–water partition coefficient (Wildman–Crippen LogP) is 3.20. The highest BCUT2D eigenvalue weighted by atomic mass is 32.2. The molecular weight excluding hydrogens is 318 g/mol. The molecule has 0 fully saturated rings. The van der Waals surface area contributed by atoms with E-state index in [0.717, 1.165) is 21.2 Å². The molecule has 0 spiro atoms. The molecule has 1 unspecified atom stereocenters. The molecule has 2 amide bonds. The van der Waals surface area contributed by atoms with Gasteiger partial charge in [0.05, 0.1) is 16.6 Å². The first-order valence-corrected chi connectivity index (χ1v) is 8.53. The number of aryl methyl sites for hydroxylation is 2. The van der Waals surface area contributed by atoms with Crippen LogP contribution in [0.3, 0.4) is 0 Å². The number of nitrogens with one attached hydrogen (secondary N) is 2. The van der Waals surface area contributed by atoms with E-state index in [-0.39, 0.29) is 18.2 Å². The van der Waals surface area contributed by atoms with Crippen LogP contribution in [0.25, 0.3) is 0 Å². The lowest BCUT2D eigenvalue weighted by Gasteiger charge is -2.23. The van der Waals surface area contributed by atoms with Gasteiger partial charge in [-0.3, -0.25) is 9.59 Å². The second-order valence-electron chi connectivity index (χ2n) is 5.00. The number of thiazole rings is 1. The monoisotopic (exact) mass is 333 g/mol. The Morgan fingerprint density at radius 3 is 2.86 bits per heavy atom. The van der Waals surface area contributed by atoms with Gasteiger partial charge < -0.3 is 10.6 Å². The fraction of sp³-hybridized carbons (Fsp3) is 0.267. The quantitative estimate of drug-likeness (QED) is 0.905. The number of thioether (sulfide) groups is 1. The molecule has 1 atom stereocenters. The van der Waals surface area contributed by atoms with Crippen LogP contribution in [0.1, 0.15) is 17.0 Å². The molecule has 5 nitrogen and oxygen atoms in total. The number of para-hydroxylation sites is 1. The first kappa shape index (κ1) is 15.1. The summed E-state index contributed by atoms with van der Waals surface area (Å²) in [5, 5.41) is 5.78. The summed E-state index contributed by atoms with van der Waals surface area (Å²) >= 11 is 2.87. The number of rotatable bonds is 3. The molecule has 0 saturated heterocycles. The smallest absolute Gasteiger partial charge is 0.238 e. The van der Waals surface area contributed by atoms with Gasteiger partial charge in [-0.15, -0.1) is 23.1 Å². The number of carbonyl (C=O) groups excluding carboxylic acids is 2. The van der Waals surface area contributed by atoms with E-state index in [1.54, 1.807) is 0 Å². The molecule has 2 aromatic rings. The maximum atomic E-state index is 12.1. The van der Waals surface area contributed by atoms with Gasteiger partial charge in [0, 0.05) is 16.2 Å². The van der Waals surface area contributed by atoms with Crippen LogP contribution in [-0.4, -0.2) is 22.0 Å². The summed E-state index contributed by atoms with van der Waals surface area (Å²) in [5.41, 5.74) is 1.72. The predicted molar refractivity (Wildman–Crippen MR) is 89.6 cm³/mol. The molecule has 1 aromatic carbocycles. The second kappa shape index (κ2) is 6.10. The van der Waals surface area contributed by atoms with Crippen LogP contribution in [-0.2, 0) is 9.59 Å². The van der Waals surface area contributed by atoms with Crippen molar-refractivity contribution in [3.63, 3.8) is 0 Å². The Labute approximate surface area is 136 Å². The van der Waals surface area contributed by atoms with E-state index in [9.17, 15) is 9.59 Å². The molecule has 2 heterocycles. The van der Waals surface area contributed by atoms with Crippen LogP contribution in [0.5, 0.6) is 0 Å². The van der Waals surface area contributed by atoms with Gasteiger partial charge >= 0.3 is 0 Å². The van der Waals surface area contributed by atoms with Gasteiger partial charge in [-0.25, -0.2) is 4.98 Å². The van der Waals surface area contributed by atoms with Crippen molar-refractivity contribution >= 4 is 45.7 Å². The normalized spacial score (nSPS) is 16.8. The highest BCUT2D eigenvalue weighted by molar-refractivity contribution is 8.01. The Bertz CT molecular complexity index is 723. The standard InChI is InChI=1S/C15H15N3O2S2/c1-8-9(2)21-15(16-8)18-13(19)7-12-14(20)17-10-5-3-4-6-11(10)22-12/h3-6,12H,7H2,1-2H3,(H,17,20)(H,16,18,19). The molecule has 114 valence electrons. The lowest BCUT2D eigenvalue weighted by atomic mass is 10.2. The molecule has 0 radical (unpaired) electrons. The number of carbonyl (C=O) groups is 2. The minimum atomic E-state index is -0.419. The molecule has 0 bridgehead atoms. The van der Waals surface area contributed by atoms with Crippen LogP contribution in [0.15, 0.2) is 29.2 Å². The molecule has 1 aliphatic heterocycles. The van der Waals surface area contributed by atoms with Crippen molar-refractivity contribution in [2.75, 3.05) is 10.6 Å². The van der Waals surface area contributed by atoms with Crippen molar-refractivity contribution in [1.29, 1.82) is 0 Å². The Morgan fingerprint density at radius 1 is 1.36 bits per heavy atom. The largest absolute Gasteiger partial charge is 0.324 e. The van der Waals surface area contributed by atoms with Gasteiger partial charge in [-0.05, 0) is 26.0 Å². The van der Waals surface area contributed by atoms with Gasteiger partial charge in [-0.2, -0.15) is 0 Å². The second-order valence-corrected chi connectivity index (χ2v) is 7.45. The maximum absolute atomic E-state index is 12.1. The summed E-state index contributed by atoms with van der Waals surface area (Å²) in [6, 6.07) is 7.59. The lowest BCUT2D eigenvalue weighted by molar-refractivity contribution is -0.120. The van der Waals surface area contributed by atoms with E-state index in [1.165, 1.54) is 23.1 Å². The molecular formula is C15H15N3O2S2. The van der Waals surface area contributed by atoms with Crippen LogP contribution in [0, 0.1) is 13.8 Å². The SMILES string of the molecule is Cc1nc(NC(=O)CC2Sc3ccccc3NC2=O)sc1C. The number of amides is 2. The fourth-order valence-corrected chi connectivity index (χ4v) is 4.03. The van der Waals surface area contributed by atoms with E-state index < -0.39 is 5.25 Å². The maximum Gasteiger partial charge on any atom is 0.238 e. The highest BCUT2D eigenvalue weighted by Gasteiger charge is 2.29. The zero-order valence-electron chi connectivity index (χ0n) is 12.2. The van der Waals surface area contributed by atoms with Gasteiger partial charge in [-0.1, -0.05) is 12.1 Å². The van der Waals surface area contributed by atoms with Crippen molar-refractivity contribution < 1.29 is 9.59 Å². The van der Waals surface area contributed by atoms with E-state index in [4.69, 9.17) is 0 Å². The number of fused-ring (bicyclic) bond motifs is 1. The van der Waals surface area contributed by atoms with E-state index in [2.05, 4.69) is 15.6 Å². The molecule has 22 heavy (non-hydrogen) atoms. The summed E-state index contributed by atoms with van der Waals surface area (Å²) < 4.78 is 0. The zero-order valence-corrected chi connectivity index (χ0v) is 13.8. The van der Waals surface area contributed by atoms with Crippen molar-refractivity contribution in [1.82, 2.24) is 4.98 Å². The molecule has 7 heteroatoms. The number of aromatic nitrogens is 1. The summed E-state index contributed by atoms with van der Waals surface area (Å²) in [6.45, 7) is 3.87. The lowest BCUT2D eigenvalue weighted by Crippen LogP contribution is -2.32. The molecule has 0 aliphatic carbocycles. The van der Waals surface area contributed by atoms with Gasteiger partial charge in [0.25, 0.3) is 0 Å². The van der Waals surface area contributed by atoms with E-state index in [0.29, 0.717) is 5.13 Å². The Balaban J connectivity index is 1.65. The minimum Gasteiger partial charge on any atom is -0.324 e. The van der Waals surface area contributed by atoms with E-state index >= 15 is 0 Å². The molecule has 1 aromatic heterocycles. The highest BCUT2D eigenvalue weighted by Crippen LogP contribution is 2.36. The Morgan fingerprint density at radius 2 is 2.14 bits per heavy atom. The van der Waals surface area contributed by atoms with Crippen molar-refractivity contribution in [2.45, 2.75) is 30.4 Å². The number of anilines is 2. The average molecular weight is 333 g/mol. The molecule has 2 N–H and O–H groups in total. The number of hydrogen-bond donors (Lipinski definition) is 2. The molecule has 3 rings (SSSR count). The van der Waals surface area contributed by atoms with Crippen LogP contribution < -0.4 is 10.6 Å². The summed E-state index contributed by atoms with van der Waals surface area (Å²) in [5.74, 6) is -0.328. The molecule has 0 saturated carbocycles. The van der Waals surface area contributed by atoms with Crippen LogP contribution >= 0.6 is 23.1 Å². The van der Waals surface area contributed by atoms with Crippen molar-refractivity contribution in [2.24, 2.45) is 0 Å². The van der Waals surface area contributed by atoms with Crippen molar-refractivity contribution in [3.05, 3.63) is 34.8 Å². The first-order valence-electron chi connectivity index (χ1n) is 6.83. The topological polar surface area (TPSA) is 71.1 Å². The van der Waals surface area contributed by atoms with Gasteiger partial charge in [0.2, 0.25) is 11.8 Å². The summed E-state index contributed by atoms with van der Waals surface area (Å²) in [4.78, 5) is 30.5. The summed E-state index contributed by atoms with van der Waals surface area (Å²) in [7, 11) is 0. The molecule has 1 aliphatic rings. The average Bonchev–Trinajstić information content (AvgIpc) is 2.78. The Hall–Kier alpha value is -1.86. The summed E-state index contributed by atoms with van der Waals surface area (Å²) in [6.07, 6.45) is 0.127. The van der Waals surface area contributed by atoms with Gasteiger partial charge in [0.15, 0.2) is 5.13 Å². The van der Waals surface area contributed by atoms with Gasteiger partial charge in [0.1, 0.15) is 0 Å². The van der Waals surface area contributed by atoms with Crippen LogP contribution in [0.2, 0.25) is 0 Å². The Kier molecular flexibility index (Phi) is 4.17. The zero-order chi connectivity index (χ0) is 15.7. The number of hydrogen-bond acceptors (Lipinski definition) is 5. The minimum absolute atomic E-state index is 0.127. The fourth-order valence-electron chi connectivity index (χ4n) is 2.09. The number of nitrogens with zero attached hydrogens (tertiary/aromatic N) is 1. The van der Waals surface area contributed by atoms with E-state index in [1.807, 2.05) is 38.1 Å².